The van der Waals surface area contributed by atoms with E-state index in [4.69, 9.17) is 0 Å². The molecule has 0 aromatic carbocycles. The van der Waals surface area contributed by atoms with Crippen molar-refractivity contribution in [1.82, 2.24) is 0 Å². The summed E-state index contributed by atoms with van der Waals surface area (Å²) in [6.45, 7) is 0. The summed E-state index contributed by atoms with van der Waals surface area (Å²) < 4.78 is 0. The van der Waals surface area contributed by atoms with Gasteiger partial charge in [0.15, 0.2) is 0 Å². The Hall–Kier alpha value is 1.23. The number of fused-ring (bicyclic) bond motifs is 1. The molecule has 1 fully saturated rings. The Kier molecular flexibility index (Phi) is 2.95. The zero-order valence-electron chi connectivity index (χ0n) is 4.90. The molecule has 1 heterocycles. The summed E-state index contributed by atoms with van der Waals surface area (Å²) in [5.41, 5.74) is 0. The van der Waals surface area contributed by atoms with E-state index >= 15 is 0 Å². The Balaban J connectivity index is 2.16. The third kappa shape index (κ3) is 1.69. The highest BCUT2D eigenvalue weighted by molar-refractivity contribution is 9.36. The lowest BCUT2D eigenvalue weighted by Gasteiger charge is -1.95. The Morgan fingerprint density at radius 3 is 2.10 bits per heavy atom. The smallest absolute Gasteiger partial charge is 0.0296 e. The molecule has 0 bridgehead atoms. The third-order valence-electron chi connectivity index (χ3n) is 1.15. The maximum absolute atomic E-state index is 2.30. The highest BCUT2D eigenvalue weighted by atomic mass is 33.8. The second-order valence-electron chi connectivity index (χ2n) is 1.74. The van der Waals surface area contributed by atoms with Crippen molar-refractivity contribution in [3.05, 3.63) is 22.0 Å². The molecular formula is C5H4S5. The van der Waals surface area contributed by atoms with Crippen molar-refractivity contribution in [2.45, 2.75) is 6.42 Å². The van der Waals surface area contributed by atoms with E-state index in [-0.39, 0.29) is 0 Å². The van der Waals surface area contributed by atoms with Gasteiger partial charge in [0, 0.05) is 9.81 Å². The predicted octanol–water partition coefficient (Wildman–Crippen LogP) is 4.50. The molecule has 0 nitrogen and oxygen atoms in total. The maximum Gasteiger partial charge on any atom is 0.0296 e. The van der Waals surface area contributed by atoms with E-state index in [0.717, 1.165) is 6.42 Å². The van der Waals surface area contributed by atoms with Gasteiger partial charge in [0.2, 0.25) is 0 Å². The Morgan fingerprint density at radius 1 is 0.900 bits per heavy atom. The van der Waals surface area contributed by atoms with E-state index in [2.05, 4.69) is 12.2 Å². The van der Waals surface area contributed by atoms with Crippen molar-refractivity contribution in [3.63, 3.8) is 0 Å². The van der Waals surface area contributed by atoms with Crippen molar-refractivity contribution in [3.8, 4) is 0 Å². The summed E-state index contributed by atoms with van der Waals surface area (Å²) >= 11 is 0. The maximum atomic E-state index is 2.30. The van der Waals surface area contributed by atoms with Crippen LogP contribution < -0.4 is 0 Å². The number of hydrogen-bond acceptors (Lipinski definition) is 5. The zero-order valence-corrected chi connectivity index (χ0v) is 8.99. The minimum atomic E-state index is 1.14. The van der Waals surface area contributed by atoms with Crippen molar-refractivity contribution >= 4 is 51.1 Å². The molecule has 0 unspecified atom stereocenters. The Bertz CT molecular complexity index is 174. The van der Waals surface area contributed by atoms with Crippen molar-refractivity contribution in [1.29, 1.82) is 0 Å². The van der Waals surface area contributed by atoms with E-state index in [9.17, 15) is 0 Å². The van der Waals surface area contributed by atoms with Crippen molar-refractivity contribution < 1.29 is 0 Å². The van der Waals surface area contributed by atoms with Gasteiger partial charge in [-0.15, -0.1) is 0 Å². The van der Waals surface area contributed by atoms with Gasteiger partial charge in [-0.05, 0) is 57.5 Å². The first-order valence-corrected chi connectivity index (χ1v) is 8.87. The van der Waals surface area contributed by atoms with Crippen LogP contribution in [-0.2, 0) is 0 Å². The summed E-state index contributed by atoms with van der Waals surface area (Å²) in [5.74, 6) is 0. The highest BCUT2D eigenvalue weighted by Gasteiger charge is 2.15. The second-order valence-corrected chi connectivity index (χ2v) is 9.26. The lowest BCUT2D eigenvalue weighted by atomic mass is 10.5. The summed E-state index contributed by atoms with van der Waals surface area (Å²) in [4.78, 5) is 2.93. The molecule has 2 rings (SSSR count). The Morgan fingerprint density at radius 2 is 1.50 bits per heavy atom. The quantitative estimate of drug-likeness (QED) is 0.554. The fraction of sp³-hybridized carbons (Fsp3) is 0.200. The Labute approximate surface area is 79.0 Å². The van der Waals surface area contributed by atoms with Gasteiger partial charge in [0.1, 0.15) is 0 Å². The number of rotatable bonds is 0. The first kappa shape index (κ1) is 7.86. The normalized spacial score (nSPS) is 24.8. The molecule has 2 aliphatic rings. The molecule has 5 heteroatoms. The van der Waals surface area contributed by atoms with Gasteiger partial charge >= 0.3 is 0 Å². The summed E-state index contributed by atoms with van der Waals surface area (Å²) in [6, 6.07) is 0. The number of allylic oxidation sites excluding steroid dienone is 2. The van der Waals surface area contributed by atoms with Crippen LogP contribution in [-0.4, -0.2) is 0 Å². The van der Waals surface area contributed by atoms with Gasteiger partial charge in [0.25, 0.3) is 0 Å². The zero-order chi connectivity index (χ0) is 6.81. The van der Waals surface area contributed by atoms with Crippen LogP contribution in [0.3, 0.4) is 0 Å². The minimum Gasteiger partial charge on any atom is -0.0650 e. The standard InChI is InChI=1S/C5H4S5/c1-2-4-5(3-1)7-9-10-8-6-4/h2-3H,1H2. The second kappa shape index (κ2) is 3.76. The molecule has 0 amide bonds. The summed E-state index contributed by atoms with van der Waals surface area (Å²) in [6.07, 6.45) is 5.73. The molecular weight excluding hydrogens is 220 g/mol. The van der Waals surface area contributed by atoms with Gasteiger partial charge in [-0.3, -0.25) is 0 Å². The van der Waals surface area contributed by atoms with Crippen molar-refractivity contribution in [2.75, 3.05) is 0 Å². The molecule has 0 atom stereocenters. The predicted molar refractivity (Wildman–Crippen MR) is 58.7 cm³/mol. The van der Waals surface area contributed by atoms with Crippen LogP contribution in [0.2, 0.25) is 0 Å². The number of hydrogen-bond donors (Lipinski definition) is 0. The lowest BCUT2D eigenvalue weighted by Crippen LogP contribution is -1.65. The van der Waals surface area contributed by atoms with Crippen LogP contribution >= 0.6 is 51.1 Å². The molecule has 0 N–H and O–H groups in total. The average molecular weight is 224 g/mol. The molecule has 0 aromatic rings. The van der Waals surface area contributed by atoms with Crippen LogP contribution in [0.25, 0.3) is 0 Å². The first-order valence-electron chi connectivity index (χ1n) is 2.72. The largest absolute Gasteiger partial charge is 0.0650 e. The molecule has 0 spiro atoms. The topological polar surface area (TPSA) is 0 Å². The minimum absolute atomic E-state index is 1.14. The van der Waals surface area contributed by atoms with Gasteiger partial charge in [-0.25, -0.2) is 0 Å². The molecule has 1 aliphatic heterocycles. The summed E-state index contributed by atoms with van der Waals surface area (Å²) in [7, 11) is 9.34. The lowest BCUT2D eigenvalue weighted by molar-refractivity contribution is 1.45. The third-order valence-corrected chi connectivity index (χ3v) is 9.70. The van der Waals surface area contributed by atoms with Crippen LogP contribution in [0.5, 0.6) is 0 Å². The van der Waals surface area contributed by atoms with Crippen LogP contribution in [0.15, 0.2) is 22.0 Å². The fourth-order valence-electron chi connectivity index (χ4n) is 0.737. The van der Waals surface area contributed by atoms with Gasteiger partial charge in [0.05, 0.1) is 0 Å². The molecule has 1 saturated heterocycles. The first-order chi connectivity index (χ1) is 4.97. The van der Waals surface area contributed by atoms with Crippen LogP contribution in [0.4, 0.5) is 0 Å². The molecule has 0 saturated carbocycles. The van der Waals surface area contributed by atoms with Gasteiger partial charge in [-0.2, -0.15) is 0 Å². The summed E-state index contributed by atoms with van der Waals surface area (Å²) in [5, 5.41) is 0. The fourth-order valence-corrected chi connectivity index (χ4v) is 9.78. The van der Waals surface area contributed by atoms with Gasteiger partial charge < -0.3 is 0 Å². The molecule has 1 aliphatic carbocycles. The van der Waals surface area contributed by atoms with E-state index in [1.54, 1.807) is 0 Å². The highest BCUT2D eigenvalue weighted by Crippen LogP contribution is 2.61. The van der Waals surface area contributed by atoms with E-state index in [1.807, 2.05) is 51.1 Å². The SMILES string of the molecule is C1=C2SSSSSC2=CC1. The average Bonchev–Trinajstić information content (AvgIpc) is 2.28. The van der Waals surface area contributed by atoms with Crippen LogP contribution in [0.1, 0.15) is 6.42 Å². The monoisotopic (exact) mass is 224 g/mol. The molecule has 54 valence electrons. The van der Waals surface area contributed by atoms with E-state index < -0.39 is 0 Å². The van der Waals surface area contributed by atoms with Crippen LogP contribution in [0, 0.1) is 0 Å². The molecule has 0 radical (unpaired) electrons. The molecule has 0 aromatic heterocycles. The van der Waals surface area contributed by atoms with E-state index in [0.29, 0.717) is 0 Å². The van der Waals surface area contributed by atoms with Gasteiger partial charge in [-0.1, -0.05) is 12.2 Å². The van der Waals surface area contributed by atoms with E-state index in [1.165, 1.54) is 9.81 Å². The van der Waals surface area contributed by atoms with Crippen molar-refractivity contribution in [2.24, 2.45) is 0 Å². The molecule has 10 heavy (non-hydrogen) atoms.